The van der Waals surface area contributed by atoms with Crippen LogP contribution in [0.3, 0.4) is 0 Å². The van der Waals surface area contributed by atoms with Gasteiger partial charge in [0.2, 0.25) is 0 Å². The molecule has 0 spiro atoms. The molecule has 0 aromatic carbocycles. The van der Waals surface area contributed by atoms with E-state index in [1.807, 2.05) is 27.7 Å². The van der Waals surface area contributed by atoms with Crippen molar-refractivity contribution < 1.29 is 14.3 Å². The summed E-state index contributed by atoms with van der Waals surface area (Å²) in [5.41, 5.74) is 1.31. The Morgan fingerprint density at radius 1 is 1.17 bits per heavy atom. The highest BCUT2D eigenvalue weighted by Gasteiger charge is 2.25. The Morgan fingerprint density at radius 2 is 1.93 bits per heavy atom. The Bertz CT molecular complexity index is 1030. The number of amides is 1. The highest BCUT2D eigenvalue weighted by Crippen LogP contribution is 2.21. The number of imidazole rings is 1. The molecule has 3 aromatic rings. The predicted molar refractivity (Wildman–Crippen MR) is 108 cm³/mol. The molecule has 0 aliphatic rings. The molecule has 0 saturated heterocycles. The van der Waals surface area contributed by atoms with E-state index in [1.165, 1.54) is 0 Å². The first-order valence-electron chi connectivity index (χ1n) is 9.44. The molecule has 1 atom stereocenters. The SMILES string of the molecule is COCCC(C)n1cc(C(=O)Nc2ccc3nc(C(=O)C(C)(C)C)cn3c2)nn1. The number of ether oxygens (including phenoxy) is 1. The van der Waals surface area contributed by atoms with Gasteiger partial charge in [-0.25, -0.2) is 9.67 Å². The predicted octanol–water partition coefficient (Wildman–Crippen LogP) is 3.00. The van der Waals surface area contributed by atoms with E-state index < -0.39 is 5.41 Å². The molecule has 0 fully saturated rings. The summed E-state index contributed by atoms with van der Waals surface area (Å²) in [6.45, 7) is 8.16. The maximum Gasteiger partial charge on any atom is 0.277 e. The molecule has 0 radical (unpaired) electrons. The van der Waals surface area contributed by atoms with E-state index in [0.717, 1.165) is 6.42 Å². The number of Topliss-reactive ketones (excluding diaryl/α,β-unsaturated/α-hetero) is 1. The van der Waals surface area contributed by atoms with Crippen LogP contribution in [0.5, 0.6) is 0 Å². The fourth-order valence-corrected chi connectivity index (χ4v) is 2.77. The monoisotopic (exact) mass is 398 g/mol. The molecule has 0 aliphatic carbocycles. The Balaban J connectivity index is 1.74. The summed E-state index contributed by atoms with van der Waals surface area (Å²) in [5, 5.41) is 10.8. The molecular weight excluding hydrogens is 372 g/mol. The smallest absolute Gasteiger partial charge is 0.277 e. The second-order valence-corrected chi connectivity index (χ2v) is 8.06. The molecule has 1 N–H and O–H groups in total. The van der Waals surface area contributed by atoms with Crippen LogP contribution in [0.25, 0.3) is 5.65 Å². The van der Waals surface area contributed by atoms with Gasteiger partial charge in [-0.3, -0.25) is 9.59 Å². The summed E-state index contributed by atoms with van der Waals surface area (Å²) in [6.07, 6.45) is 5.77. The molecule has 29 heavy (non-hydrogen) atoms. The van der Waals surface area contributed by atoms with Gasteiger partial charge in [0.1, 0.15) is 11.3 Å². The van der Waals surface area contributed by atoms with Gasteiger partial charge < -0.3 is 14.5 Å². The Kier molecular flexibility index (Phi) is 5.78. The number of anilines is 1. The molecule has 3 aromatic heterocycles. The minimum Gasteiger partial charge on any atom is -0.385 e. The average Bonchev–Trinajstić information content (AvgIpc) is 3.31. The number of rotatable bonds is 7. The van der Waals surface area contributed by atoms with Crippen molar-refractivity contribution in [3.05, 3.63) is 42.1 Å². The zero-order valence-electron chi connectivity index (χ0n) is 17.3. The van der Waals surface area contributed by atoms with Crippen LogP contribution >= 0.6 is 0 Å². The number of hydrogen-bond acceptors (Lipinski definition) is 6. The highest BCUT2D eigenvalue weighted by atomic mass is 16.5. The summed E-state index contributed by atoms with van der Waals surface area (Å²) in [7, 11) is 1.64. The van der Waals surface area contributed by atoms with E-state index in [0.29, 0.717) is 23.6 Å². The van der Waals surface area contributed by atoms with E-state index in [2.05, 4.69) is 20.6 Å². The first-order valence-corrected chi connectivity index (χ1v) is 9.44. The van der Waals surface area contributed by atoms with Crippen LogP contribution < -0.4 is 5.32 Å². The van der Waals surface area contributed by atoms with Gasteiger partial charge in [-0.1, -0.05) is 26.0 Å². The number of fused-ring (bicyclic) bond motifs is 1. The van der Waals surface area contributed by atoms with Crippen LogP contribution in [0.15, 0.2) is 30.7 Å². The van der Waals surface area contributed by atoms with Crippen molar-refractivity contribution in [1.82, 2.24) is 24.4 Å². The van der Waals surface area contributed by atoms with Crippen LogP contribution in [0.4, 0.5) is 5.69 Å². The van der Waals surface area contributed by atoms with Crippen molar-refractivity contribution in [2.45, 2.75) is 40.2 Å². The molecule has 154 valence electrons. The van der Waals surface area contributed by atoms with Crippen molar-refractivity contribution in [1.29, 1.82) is 0 Å². The lowest BCUT2D eigenvalue weighted by Gasteiger charge is -2.13. The molecule has 1 amide bonds. The van der Waals surface area contributed by atoms with Gasteiger partial charge in [0, 0.05) is 31.5 Å². The van der Waals surface area contributed by atoms with Gasteiger partial charge in [0.05, 0.1) is 17.9 Å². The van der Waals surface area contributed by atoms with E-state index >= 15 is 0 Å². The molecule has 0 saturated carbocycles. The standard InChI is InChI=1S/C20H26N6O3/c1-13(8-9-29-5)26-12-16(23-24-26)19(28)21-14-6-7-17-22-15(11-25(17)10-14)18(27)20(2,3)4/h6-7,10-13H,8-9H2,1-5H3,(H,21,28). The van der Waals surface area contributed by atoms with E-state index in [4.69, 9.17) is 4.74 Å². The molecule has 0 bridgehead atoms. The Morgan fingerprint density at radius 3 is 2.62 bits per heavy atom. The number of carbonyl (C=O) groups is 2. The van der Waals surface area contributed by atoms with E-state index in [-0.39, 0.29) is 23.4 Å². The van der Waals surface area contributed by atoms with Gasteiger partial charge in [0.15, 0.2) is 11.5 Å². The molecular formula is C20H26N6O3. The quantitative estimate of drug-likeness (QED) is 0.614. The van der Waals surface area contributed by atoms with Crippen LogP contribution in [0.1, 0.15) is 61.1 Å². The fraction of sp³-hybridized carbons (Fsp3) is 0.450. The number of pyridine rings is 1. The molecule has 9 heteroatoms. The largest absolute Gasteiger partial charge is 0.385 e. The molecule has 9 nitrogen and oxygen atoms in total. The maximum atomic E-state index is 12.5. The fourth-order valence-electron chi connectivity index (χ4n) is 2.77. The van der Waals surface area contributed by atoms with Gasteiger partial charge in [-0.05, 0) is 25.5 Å². The molecule has 3 heterocycles. The van der Waals surface area contributed by atoms with Crippen LogP contribution in [-0.2, 0) is 4.74 Å². The lowest BCUT2D eigenvalue weighted by molar-refractivity contribution is 0.0853. The van der Waals surface area contributed by atoms with Crippen molar-refractivity contribution in [3.63, 3.8) is 0 Å². The summed E-state index contributed by atoms with van der Waals surface area (Å²) >= 11 is 0. The minimum atomic E-state index is -0.513. The molecule has 1 unspecified atom stereocenters. The lowest BCUT2D eigenvalue weighted by atomic mass is 9.89. The first kappa shape index (κ1) is 20.7. The number of methoxy groups -OCH3 is 1. The van der Waals surface area contributed by atoms with Gasteiger partial charge in [-0.15, -0.1) is 5.10 Å². The van der Waals surface area contributed by atoms with Crippen LogP contribution in [0.2, 0.25) is 0 Å². The maximum absolute atomic E-state index is 12.5. The number of nitrogens with zero attached hydrogens (tertiary/aromatic N) is 5. The summed E-state index contributed by atoms with van der Waals surface area (Å²) < 4.78 is 8.44. The van der Waals surface area contributed by atoms with Crippen molar-refractivity contribution in [2.24, 2.45) is 5.41 Å². The van der Waals surface area contributed by atoms with E-state index in [9.17, 15) is 9.59 Å². The van der Waals surface area contributed by atoms with Crippen molar-refractivity contribution in [2.75, 3.05) is 19.0 Å². The van der Waals surface area contributed by atoms with Crippen molar-refractivity contribution in [3.8, 4) is 0 Å². The summed E-state index contributed by atoms with van der Waals surface area (Å²) in [6, 6.07) is 3.56. The first-order chi connectivity index (χ1) is 13.7. The Hall–Kier alpha value is -3.07. The lowest BCUT2D eigenvalue weighted by Crippen LogP contribution is -2.20. The Labute approximate surface area is 169 Å². The summed E-state index contributed by atoms with van der Waals surface area (Å²) in [4.78, 5) is 29.3. The van der Waals surface area contributed by atoms with Crippen LogP contribution in [-0.4, -0.2) is 49.8 Å². The third-order valence-electron chi connectivity index (χ3n) is 4.56. The number of aromatic nitrogens is 5. The van der Waals surface area contributed by atoms with Crippen molar-refractivity contribution >= 4 is 23.0 Å². The topological polar surface area (TPSA) is 103 Å². The third-order valence-corrected chi connectivity index (χ3v) is 4.56. The van der Waals surface area contributed by atoms with Crippen LogP contribution in [0, 0.1) is 5.41 Å². The second-order valence-electron chi connectivity index (χ2n) is 8.06. The van der Waals surface area contributed by atoms with Gasteiger partial charge >= 0.3 is 0 Å². The number of nitrogens with one attached hydrogen (secondary N) is 1. The summed E-state index contributed by atoms with van der Waals surface area (Å²) in [5.74, 6) is -0.397. The highest BCUT2D eigenvalue weighted by molar-refractivity contribution is 6.02. The molecule has 3 rings (SSSR count). The van der Waals surface area contributed by atoms with Gasteiger partial charge in [0.25, 0.3) is 5.91 Å². The normalized spacial score (nSPS) is 12.9. The number of ketones is 1. The minimum absolute atomic E-state index is 0.0361. The number of hydrogen-bond donors (Lipinski definition) is 1. The van der Waals surface area contributed by atoms with Gasteiger partial charge in [-0.2, -0.15) is 0 Å². The zero-order valence-corrected chi connectivity index (χ0v) is 17.3. The third kappa shape index (κ3) is 4.68. The molecule has 0 aliphatic heterocycles. The zero-order chi connectivity index (χ0) is 21.2. The number of carbonyl (C=O) groups excluding carboxylic acids is 2. The average molecular weight is 398 g/mol. The van der Waals surface area contributed by atoms with E-state index in [1.54, 1.807) is 46.9 Å². The second kappa shape index (κ2) is 8.12.